The zero-order valence-electron chi connectivity index (χ0n) is 15.0. The zero-order chi connectivity index (χ0) is 17.9. The van der Waals surface area contributed by atoms with Gasteiger partial charge in [0.05, 0.1) is 18.7 Å². The molecule has 0 fully saturated rings. The summed E-state index contributed by atoms with van der Waals surface area (Å²) in [5.74, 6) is 0.977. The second-order valence-corrected chi connectivity index (χ2v) is 7.18. The van der Waals surface area contributed by atoms with Gasteiger partial charge in [-0.2, -0.15) is 0 Å². The molecule has 0 spiro atoms. The average molecular weight is 330 g/mol. The van der Waals surface area contributed by atoms with Crippen molar-refractivity contribution >= 4 is 5.91 Å². The van der Waals surface area contributed by atoms with Crippen molar-refractivity contribution in [2.45, 2.75) is 52.5 Å². The smallest absolute Gasteiger partial charge is 0.226 e. The first-order chi connectivity index (χ1) is 11.2. The highest BCUT2D eigenvalue weighted by molar-refractivity contribution is 5.78. The molecule has 1 aromatic carbocycles. The first-order valence-electron chi connectivity index (χ1n) is 8.18. The van der Waals surface area contributed by atoms with Crippen LogP contribution in [-0.4, -0.2) is 28.6 Å². The lowest BCUT2D eigenvalue weighted by Crippen LogP contribution is -2.36. The largest absolute Gasteiger partial charge is 0.441 e. The highest BCUT2D eigenvalue weighted by atomic mass is 16.4. The van der Waals surface area contributed by atoms with Crippen LogP contribution in [0.15, 0.2) is 28.7 Å². The molecule has 1 atom stereocenters. The Hall–Kier alpha value is -2.14. The lowest BCUT2D eigenvalue weighted by atomic mass is 9.87. The van der Waals surface area contributed by atoms with Crippen LogP contribution in [0.3, 0.4) is 0 Å². The quantitative estimate of drug-likeness (QED) is 0.884. The summed E-state index contributed by atoms with van der Waals surface area (Å²) in [5.41, 5.74) is 2.85. The van der Waals surface area contributed by atoms with Gasteiger partial charge in [0.1, 0.15) is 5.76 Å². The van der Waals surface area contributed by atoms with E-state index >= 15 is 0 Å². The van der Waals surface area contributed by atoms with Gasteiger partial charge in [-0.15, -0.1) is 0 Å². The highest BCUT2D eigenvalue weighted by Gasteiger charge is 2.17. The third kappa shape index (κ3) is 4.45. The van der Waals surface area contributed by atoms with Crippen LogP contribution < -0.4 is 5.32 Å². The number of benzene rings is 1. The van der Waals surface area contributed by atoms with E-state index in [4.69, 9.17) is 9.52 Å². The molecule has 0 aliphatic carbocycles. The van der Waals surface area contributed by atoms with Gasteiger partial charge >= 0.3 is 0 Å². The monoisotopic (exact) mass is 330 g/mol. The van der Waals surface area contributed by atoms with Gasteiger partial charge in [0.2, 0.25) is 11.8 Å². The van der Waals surface area contributed by atoms with Crippen molar-refractivity contribution < 1.29 is 14.3 Å². The standard InChI is InChI=1S/C19H26N2O3/c1-12(11-22)20-17(23)10-16-13(2)24-18(21-16)14-6-8-15(9-7-14)19(3,4)5/h6-9,12,22H,10-11H2,1-5H3,(H,20,23). The number of carbonyl (C=O) groups is 1. The van der Waals surface area contributed by atoms with Gasteiger partial charge in [-0.05, 0) is 37.0 Å². The van der Waals surface area contributed by atoms with Gasteiger partial charge in [-0.25, -0.2) is 4.98 Å². The third-order valence-electron chi connectivity index (χ3n) is 3.90. The van der Waals surface area contributed by atoms with Crippen LogP contribution in [0.1, 0.15) is 44.7 Å². The number of amides is 1. The van der Waals surface area contributed by atoms with Crippen molar-refractivity contribution in [2.75, 3.05) is 6.61 Å². The van der Waals surface area contributed by atoms with E-state index in [2.05, 4.69) is 43.2 Å². The minimum Gasteiger partial charge on any atom is -0.441 e. The molecular weight excluding hydrogens is 304 g/mol. The molecule has 0 radical (unpaired) electrons. The van der Waals surface area contributed by atoms with Crippen molar-refractivity contribution in [1.29, 1.82) is 0 Å². The summed E-state index contributed by atoms with van der Waals surface area (Å²) in [5, 5.41) is 11.7. The normalized spacial score (nSPS) is 12.9. The number of hydrogen-bond acceptors (Lipinski definition) is 4. The lowest BCUT2D eigenvalue weighted by molar-refractivity contribution is -0.121. The van der Waals surface area contributed by atoms with E-state index < -0.39 is 0 Å². The molecule has 5 nitrogen and oxygen atoms in total. The Balaban J connectivity index is 2.15. The van der Waals surface area contributed by atoms with Gasteiger partial charge in [-0.3, -0.25) is 4.79 Å². The van der Waals surface area contributed by atoms with Crippen LogP contribution in [0.4, 0.5) is 0 Å². The zero-order valence-corrected chi connectivity index (χ0v) is 15.0. The molecule has 2 rings (SSSR count). The lowest BCUT2D eigenvalue weighted by Gasteiger charge is -2.18. The van der Waals surface area contributed by atoms with Crippen LogP contribution in [0, 0.1) is 6.92 Å². The van der Waals surface area contributed by atoms with Gasteiger partial charge in [0.25, 0.3) is 0 Å². The number of rotatable bonds is 5. The predicted molar refractivity (Wildman–Crippen MR) is 93.8 cm³/mol. The molecule has 0 saturated carbocycles. The van der Waals surface area contributed by atoms with Crippen LogP contribution in [-0.2, 0) is 16.6 Å². The van der Waals surface area contributed by atoms with Crippen molar-refractivity contribution in [1.82, 2.24) is 10.3 Å². The fraction of sp³-hybridized carbons (Fsp3) is 0.474. The number of nitrogens with one attached hydrogen (secondary N) is 1. The fourth-order valence-corrected chi connectivity index (χ4v) is 2.35. The number of oxazole rings is 1. The van der Waals surface area contributed by atoms with Gasteiger partial charge < -0.3 is 14.8 Å². The minimum absolute atomic E-state index is 0.0884. The maximum absolute atomic E-state index is 11.9. The first kappa shape index (κ1) is 18.2. The molecular formula is C19H26N2O3. The molecule has 2 N–H and O–H groups in total. The van der Waals surface area contributed by atoms with E-state index in [-0.39, 0.29) is 30.4 Å². The van der Waals surface area contributed by atoms with E-state index in [1.54, 1.807) is 13.8 Å². The Bertz CT molecular complexity index is 696. The molecule has 1 unspecified atom stereocenters. The summed E-state index contributed by atoms with van der Waals surface area (Å²) < 4.78 is 5.72. The average Bonchev–Trinajstić information content (AvgIpc) is 2.87. The van der Waals surface area contributed by atoms with E-state index in [0.717, 1.165) is 5.56 Å². The van der Waals surface area contributed by atoms with Crippen molar-refractivity contribution in [3.8, 4) is 11.5 Å². The van der Waals surface area contributed by atoms with Gasteiger partial charge in [0, 0.05) is 11.6 Å². The molecule has 0 aliphatic heterocycles. The summed E-state index contributed by atoms with van der Waals surface area (Å²) in [6.07, 6.45) is 0.139. The molecule has 5 heteroatoms. The van der Waals surface area contributed by atoms with Crippen molar-refractivity contribution in [3.63, 3.8) is 0 Å². The van der Waals surface area contributed by atoms with E-state index in [9.17, 15) is 4.79 Å². The van der Waals surface area contributed by atoms with Crippen LogP contribution >= 0.6 is 0 Å². The van der Waals surface area contributed by atoms with Crippen LogP contribution in [0.25, 0.3) is 11.5 Å². The topological polar surface area (TPSA) is 75.4 Å². The van der Waals surface area contributed by atoms with E-state index in [1.165, 1.54) is 5.56 Å². The second kappa shape index (κ2) is 7.18. The van der Waals surface area contributed by atoms with E-state index in [1.807, 2.05) is 12.1 Å². The molecule has 2 aromatic rings. The molecule has 1 amide bonds. The molecule has 0 aliphatic rings. The SMILES string of the molecule is Cc1oc(-c2ccc(C(C)(C)C)cc2)nc1CC(=O)NC(C)CO. The van der Waals surface area contributed by atoms with Gasteiger partial charge in [-0.1, -0.05) is 32.9 Å². The Labute approximate surface area is 143 Å². The molecule has 0 bridgehead atoms. The third-order valence-corrected chi connectivity index (χ3v) is 3.90. The maximum Gasteiger partial charge on any atom is 0.226 e. The number of aryl methyl sites for hydroxylation is 1. The fourth-order valence-electron chi connectivity index (χ4n) is 2.35. The van der Waals surface area contributed by atoms with E-state index in [0.29, 0.717) is 17.3 Å². The summed E-state index contributed by atoms with van der Waals surface area (Å²) in [7, 11) is 0. The molecule has 1 aromatic heterocycles. The Morgan fingerprint density at radius 1 is 1.29 bits per heavy atom. The van der Waals surface area contributed by atoms with Crippen molar-refractivity contribution in [2.24, 2.45) is 0 Å². The predicted octanol–water partition coefficient (Wildman–Crippen LogP) is 2.99. The summed E-state index contributed by atoms with van der Waals surface area (Å²) in [6, 6.07) is 7.86. The highest BCUT2D eigenvalue weighted by Crippen LogP contribution is 2.27. The summed E-state index contributed by atoms with van der Waals surface area (Å²) in [4.78, 5) is 16.4. The van der Waals surface area contributed by atoms with Gasteiger partial charge in [0.15, 0.2) is 0 Å². The summed E-state index contributed by atoms with van der Waals surface area (Å²) >= 11 is 0. The molecule has 130 valence electrons. The first-order valence-corrected chi connectivity index (χ1v) is 8.18. The number of aliphatic hydroxyl groups is 1. The molecule has 0 saturated heterocycles. The number of nitrogens with zero attached hydrogens (tertiary/aromatic N) is 1. The Morgan fingerprint density at radius 2 is 1.92 bits per heavy atom. The van der Waals surface area contributed by atoms with Crippen LogP contribution in [0.5, 0.6) is 0 Å². The Kier molecular flexibility index (Phi) is 5.44. The maximum atomic E-state index is 11.9. The number of hydrogen-bond donors (Lipinski definition) is 2. The number of aromatic nitrogens is 1. The minimum atomic E-state index is -0.269. The second-order valence-electron chi connectivity index (χ2n) is 7.18. The summed E-state index contributed by atoms with van der Waals surface area (Å²) in [6.45, 7) is 9.97. The van der Waals surface area contributed by atoms with Crippen LogP contribution in [0.2, 0.25) is 0 Å². The molecule has 1 heterocycles. The molecule has 24 heavy (non-hydrogen) atoms. The number of aliphatic hydroxyl groups excluding tert-OH is 1. The Morgan fingerprint density at radius 3 is 2.46 bits per heavy atom. The number of carbonyl (C=O) groups excluding carboxylic acids is 1. The van der Waals surface area contributed by atoms with Crippen molar-refractivity contribution in [3.05, 3.63) is 41.3 Å².